The van der Waals surface area contributed by atoms with Gasteiger partial charge in [0, 0.05) is 24.0 Å². The van der Waals surface area contributed by atoms with Gasteiger partial charge in [0.25, 0.3) is 0 Å². The van der Waals surface area contributed by atoms with Crippen molar-refractivity contribution in [3.05, 3.63) is 35.9 Å². The predicted octanol–water partition coefficient (Wildman–Crippen LogP) is 2.28. The summed E-state index contributed by atoms with van der Waals surface area (Å²) in [6.07, 6.45) is 5.21. The number of hydrogen-bond acceptors (Lipinski definition) is 2. The van der Waals surface area contributed by atoms with Crippen LogP contribution in [0.5, 0.6) is 0 Å². The van der Waals surface area contributed by atoms with Gasteiger partial charge in [-0.3, -0.25) is 4.98 Å². The lowest BCUT2D eigenvalue weighted by molar-refractivity contribution is 1.32. The molecule has 0 aromatic carbocycles. The van der Waals surface area contributed by atoms with Crippen LogP contribution in [0.2, 0.25) is 5.15 Å². The maximum atomic E-state index is 5.69. The second-order valence-electron chi connectivity index (χ2n) is 2.23. The molecule has 0 bridgehead atoms. The van der Waals surface area contributed by atoms with Crippen molar-refractivity contribution in [2.45, 2.75) is 0 Å². The second-order valence-corrected chi connectivity index (χ2v) is 2.62. The third-order valence-corrected chi connectivity index (χ3v) is 1.70. The molecule has 2 rings (SSSR count). The maximum absolute atomic E-state index is 5.69. The first-order valence-electron chi connectivity index (χ1n) is 3.21. The van der Waals surface area contributed by atoms with Crippen molar-refractivity contribution in [3.8, 4) is 0 Å². The number of pyridine rings is 2. The SMILES string of the molecule is Clc1cc2ccncc2cn1. The van der Waals surface area contributed by atoms with Gasteiger partial charge in [0.05, 0.1) is 0 Å². The van der Waals surface area contributed by atoms with Gasteiger partial charge in [-0.25, -0.2) is 4.98 Å². The Balaban J connectivity index is 2.83. The summed E-state index contributed by atoms with van der Waals surface area (Å²) in [5.74, 6) is 0. The first-order valence-corrected chi connectivity index (χ1v) is 3.59. The van der Waals surface area contributed by atoms with Crippen LogP contribution in [0.15, 0.2) is 30.7 Å². The lowest BCUT2D eigenvalue weighted by Gasteiger charge is -1.94. The Kier molecular flexibility index (Phi) is 1.47. The van der Waals surface area contributed by atoms with Gasteiger partial charge in [-0.05, 0) is 17.5 Å². The van der Waals surface area contributed by atoms with Crippen molar-refractivity contribution in [1.29, 1.82) is 0 Å². The van der Waals surface area contributed by atoms with E-state index < -0.39 is 0 Å². The van der Waals surface area contributed by atoms with E-state index in [9.17, 15) is 0 Å². The van der Waals surface area contributed by atoms with Gasteiger partial charge in [-0.2, -0.15) is 0 Å². The summed E-state index contributed by atoms with van der Waals surface area (Å²) < 4.78 is 0. The zero-order valence-electron chi connectivity index (χ0n) is 5.66. The van der Waals surface area contributed by atoms with E-state index in [-0.39, 0.29) is 0 Å². The highest BCUT2D eigenvalue weighted by Gasteiger charge is 1.92. The van der Waals surface area contributed by atoms with Crippen LogP contribution in [0.3, 0.4) is 0 Å². The molecule has 3 heteroatoms. The number of aromatic nitrogens is 2. The molecule has 0 N–H and O–H groups in total. The summed E-state index contributed by atoms with van der Waals surface area (Å²) in [7, 11) is 0. The number of rotatable bonds is 0. The van der Waals surface area contributed by atoms with Gasteiger partial charge in [-0.15, -0.1) is 0 Å². The van der Waals surface area contributed by atoms with E-state index in [0.29, 0.717) is 5.15 Å². The van der Waals surface area contributed by atoms with Crippen molar-refractivity contribution < 1.29 is 0 Å². The molecule has 0 saturated carbocycles. The molecule has 0 aliphatic carbocycles. The van der Waals surface area contributed by atoms with Gasteiger partial charge in [-0.1, -0.05) is 11.6 Å². The summed E-state index contributed by atoms with van der Waals surface area (Å²) in [5.41, 5.74) is 0. The summed E-state index contributed by atoms with van der Waals surface area (Å²) in [4.78, 5) is 7.89. The fourth-order valence-electron chi connectivity index (χ4n) is 0.954. The standard InChI is InChI=1S/C8H5ClN2/c9-8-3-6-1-2-10-4-7(6)5-11-8/h1-5H. The highest BCUT2D eigenvalue weighted by atomic mass is 35.5. The number of hydrogen-bond donors (Lipinski definition) is 0. The Morgan fingerprint density at radius 1 is 1.18 bits per heavy atom. The van der Waals surface area contributed by atoms with Crippen LogP contribution < -0.4 is 0 Å². The molecular weight excluding hydrogens is 160 g/mol. The molecule has 2 nitrogen and oxygen atoms in total. The quantitative estimate of drug-likeness (QED) is 0.559. The molecule has 0 aliphatic heterocycles. The molecule has 11 heavy (non-hydrogen) atoms. The van der Waals surface area contributed by atoms with Crippen molar-refractivity contribution in [1.82, 2.24) is 9.97 Å². The molecule has 0 unspecified atom stereocenters. The van der Waals surface area contributed by atoms with Crippen LogP contribution in [0, 0.1) is 0 Å². The van der Waals surface area contributed by atoms with Crippen LogP contribution in [0.25, 0.3) is 10.8 Å². The van der Waals surface area contributed by atoms with Gasteiger partial charge in [0.15, 0.2) is 0 Å². The number of nitrogens with zero attached hydrogens (tertiary/aromatic N) is 2. The molecule has 0 aliphatic rings. The van der Waals surface area contributed by atoms with Crippen molar-refractivity contribution in [3.63, 3.8) is 0 Å². The zero-order chi connectivity index (χ0) is 7.68. The Labute approximate surface area is 68.9 Å². The molecule has 0 saturated heterocycles. The fraction of sp³-hybridized carbons (Fsp3) is 0. The van der Waals surface area contributed by atoms with E-state index in [4.69, 9.17) is 11.6 Å². The highest BCUT2D eigenvalue weighted by molar-refractivity contribution is 6.30. The van der Waals surface area contributed by atoms with Gasteiger partial charge >= 0.3 is 0 Å². The monoisotopic (exact) mass is 164 g/mol. The molecule has 0 atom stereocenters. The average Bonchev–Trinajstić information content (AvgIpc) is 2.04. The Hall–Kier alpha value is -1.15. The first-order chi connectivity index (χ1) is 5.36. The molecule has 2 aromatic heterocycles. The zero-order valence-corrected chi connectivity index (χ0v) is 6.42. The van der Waals surface area contributed by atoms with Crippen LogP contribution in [0.1, 0.15) is 0 Å². The Bertz CT molecular complexity index is 387. The van der Waals surface area contributed by atoms with E-state index in [1.54, 1.807) is 18.6 Å². The van der Waals surface area contributed by atoms with E-state index in [0.717, 1.165) is 10.8 Å². The van der Waals surface area contributed by atoms with E-state index in [2.05, 4.69) is 9.97 Å². The fourth-order valence-corrected chi connectivity index (χ4v) is 1.12. The summed E-state index contributed by atoms with van der Waals surface area (Å²) in [6.45, 7) is 0. The molecule has 0 amide bonds. The van der Waals surface area contributed by atoms with Crippen LogP contribution in [0.4, 0.5) is 0 Å². The molecular formula is C8H5ClN2. The normalized spacial score (nSPS) is 10.3. The average molecular weight is 165 g/mol. The van der Waals surface area contributed by atoms with Crippen molar-refractivity contribution >= 4 is 22.4 Å². The third kappa shape index (κ3) is 1.17. The van der Waals surface area contributed by atoms with Gasteiger partial charge < -0.3 is 0 Å². The highest BCUT2D eigenvalue weighted by Crippen LogP contribution is 2.14. The van der Waals surface area contributed by atoms with Gasteiger partial charge in [0.2, 0.25) is 0 Å². The predicted molar refractivity (Wildman–Crippen MR) is 44.5 cm³/mol. The van der Waals surface area contributed by atoms with E-state index in [1.165, 1.54) is 0 Å². The minimum atomic E-state index is 0.517. The topological polar surface area (TPSA) is 25.8 Å². The molecule has 54 valence electrons. The molecule has 0 radical (unpaired) electrons. The molecule has 2 aromatic rings. The Morgan fingerprint density at radius 2 is 2.09 bits per heavy atom. The smallest absolute Gasteiger partial charge is 0.129 e. The molecule has 0 fully saturated rings. The van der Waals surface area contributed by atoms with Crippen LogP contribution >= 0.6 is 11.6 Å². The minimum Gasteiger partial charge on any atom is -0.264 e. The lowest BCUT2D eigenvalue weighted by atomic mass is 10.2. The lowest BCUT2D eigenvalue weighted by Crippen LogP contribution is -1.77. The van der Waals surface area contributed by atoms with Crippen LogP contribution in [-0.2, 0) is 0 Å². The van der Waals surface area contributed by atoms with E-state index >= 15 is 0 Å². The first kappa shape index (κ1) is 6.55. The van der Waals surface area contributed by atoms with Crippen LogP contribution in [-0.4, -0.2) is 9.97 Å². The minimum absolute atomic E-state index is 0.517. The maximum Gasteiger partial charge on any atom is 0.129 e. The van der Waals surface area contributed by atoms with Crippen molar-refractivity contribution in [2.75, 3.05) is 0 Å². The summed E-state index contributed by atoms with van der Waals surface area (Å²) in [6, 6.07) is 3.72. The number of halogens is 1. The number of fused-ring (bicyclic) bond motifs is 1. The third-order valence-electron chi connectivity index (χ3n) is 1.49. The molecule has 0 spiro atoms. The molecule has 2 heterocycles. The Morgan fingerprint density at radius 3 is 3.00 bits per heavy atom. The second kappa shape index (κ2) is 2.47. The van der Waals surface area contributed by atoms with Gasteiger partial charge in [0.1, 0.15) is 5.15 Å². The summed E-state index contributed by atoms with van der Waals surface area (Å²) >= 11 is 5.69. The van der Waals surface area contributed by atoms with Crippen molar-refractivity contribution in [2.24, 2.45) is 0 Å². The largest absolute Gasteiger partial charge is 0.264 e. The van der Waals surface area contributed by atoms with E-state index in [1.807, 2.05) is 12.1 Å². The summed E-state index contributed by atoms with van der Waals surface area (Å²) in [5, 5.41) is 2.60.